The topological polar surface area (TPSA) is 71.3 Å². The summed E-state index contributed by atoms with van der Waals surface area (Å²) < 4.78 is 12.6. The number of rotatable bonds is 6. The van der Waals surface area contributed by atoms with Crippen molar-refractivity contribution in [2.45, 2.75) is 25.5 Å². The van der Waals surface area contributed by atoms with Crippen LogP contribution in [0.4, 0.5) is 5.82 Å². The largest absolute Gasteiger partial charge is 0.489 e. The van der Waals surface area contributed by atoms with Crippen LogP contribution in [0.5, 0.6) is 5.75 Å². The summed E-state index contributed by atoms with van der Waals surface area (Å²) in [5.41, 5.74) is 1.35. The SMILES string of the molecule is CN(Cc1cccc(Br)c1OCC1CCCO1)c1ccc(C#N)nn1. The lowest BCUT2D eigenvalue weighted by Gasteiger charge is -2.21. The van der Waals surface area contributed by atoms with Crippen molar-refractivity contribution in [1.29, 1.82) is 5.26 Å². The van der Waals surface area contributed by atoms with Gasteiger partial charge in [-0.2, -0.15) is 5.26 Å². The van der Waals surface area contributed by atoms with E-state index in [1.54, 1.807) is 12.1 Å². The molecule has 7 heteroatoms. The highest BCUT2D eigenvalue weighted by Crippen LogP contribution is 2.31. The molecule has 1 fully saturated rings. The van der Waals surface area contributed by atoms with Gasteiger partial charge >= 0.3 is 0 Å². The molecule has 2 heterocycles. The van der Waals surface area contributed by atoms with Gasteiger partial charge < -0.3 is 14.4 Å². The number of nitriles is 1. The zero-order valence-corrected chi connectivity index (χ0v) is 15.6. The number of nitrogens with zero attached hydrogens (tertiary/aromatic N) is 4. The highest BCUT2D eigenvalue weighted by Gasteiger charge is 2.18. The van der Waals surface area contributed by atoms with Crippen LogP contribution in [0.2, 0.25) is 0 Å². The molecule has 1 unspecified atom stereocenters. The van der Waals surface area contributed by atoms with Crippen LogP contribution in [0, 0.1) is 11.3 Å². The van der Waals surface area contributed by atoms with Gasteiger partial charge in [0.15, 0.2) is 11.5 Å². The maximum Gasteiger partial charge on any atom is 0.163 e. The average Bonchev–Trinajstić information content (AvgIpc) is 3.15. The van der Waals surface area contributed by atoms with Crippen molar-refractivity contribution in [3.8, 4) is 11.8 Å². The van der Waals surface area contributed by atoms with Crippen molar-refractivity contribution >= 4 is 21.7 Å². The van der Waals surface area contributed by atoms with E-state index in [4.69, 9.17) is 14.7 Å². The Morgan fingerprint density at radius 1 is 1.36 bits per heavy atom. The number of benzene rings is 1. The Balaban J connectivity index is 1.72. The van der Waals surface area contributed by atoms with E-state index in [1.165, 1.54) is 0 Å². The van der Waals surface area contributed by atoms with E-state index in [0.29, 0.717) is 24.7 Å². The Morgan fingerprint density at radius 3 is 2.92 bits per heavy atom. The van der Waals surface area contributed by atoms with Gasteiger partial charge in [-0.3, -0.25) is 0 Å². The molecule has 1 aliphatic heterocycles. The molecule has 1 atom stereocenters. The summed E-state index contributed by atoms with van der Waals surface area (Å²) in [6.07, 6.45) is 2.30. The molecule has 0 amide bonds. The lowest BCUT2D eigenvalue weighted by atomic mass is 10.2. The fourth-order valence-electron chi connectivity index (χ4n) is 2.72. The first-order valence-corrected chi connectivity index (χ1v) is 8.93. The molecule has 25 heavy (non-hydrogen) atoms. The quantitative estimate of drug-likeness (QED) is 0.737. The Hall–Kier alpha value is -2.17. The van der Waals surface area contributed by atoms with Crippen molar-refractivity contribution < 1.29 is 9.47 Å². The van der Waals surface area contributed by atoms with Crippen LogP contribution in [-0.2, 0) is 11.3 Å². The predicted octanol–water partition coefficient (Wildman–Crippen LogP) is 3.30. The molecule has 3 rings (SSSR count). The minimum Gasteiger partial charge on any atom is -0.489 e. The van der Waals surface area contributed by atoms with Gasteiger partial charge in [0.1, 0.15) is 18.4 Å². The Morgan fingerprint density at radius 2 is 2.24 bits per heavy atom. The molecule has 1 saturated heterocycles. The predicted molar refractivity (Wildman–Crippen MR) is 97.5 cm³/mol. The fraction of sp³-hybridized carbons (Fsp3) is 0.389. The van der Waals surface area contributed by atoms with Crippen LogP contribution in [0.3, 0.4) is 0 Å². The number of ether oxygens (including phenoxy) is 2. The third-order valence-corrected chi connectivity index (χ3v) is 4.67. The molecule has 2 aromatic rings. The maximum atomic E-state index is 8.82. The second-order valence-corrected chi connectivity index (χ2v) is 6.77. The van der Waals surface area contributed by atoms with Crippen LogP contribution in [0.25, 0.3) is 0 Å². The monoisotopic (exact) mass is 402 g/mol. The second-order valence-electron chi connectivity index (χ2n) is 5.92. The minimum atomic E-state index is 0.169. The summed E-state index contributed by atoms with van der Waals surface area (Å²) in [6.45, 7) is 1.98. The van der Waals surface area contributed by atoms with Gasteiger partial charge in [0, 0.05) is 25.8 Å². The van der Waals surface area contributed by atoms with Crippen molar-refractivity contribution in [3.05, 3.63) is 46.1 Å². The lowest BCUT2D eigenvalue weighted by Crippen LogP contribution is -2.20. The molecule has 1 aliphatic rings. The summed E-state index contributed by atoms with van der Waals surface area (Å²) in [5, 5.41) is 16.8. The zero-order chi connectivity index (χ0) is 17.6. The molecule has 0 spiro atoms. The molecule has 130 valence electrons. The molecule has 0 radical (unpaired) electrons. The van der Waals surface area contributed by atoms with Crippen LogP contribution < -0.4 is 9.64 Å². The van der Waals surface area contributed by atoms with E-state index < -0.39 is 0 Å². The number of anilines is 1. The van der Waals surface area contributed by atoms with Gasteiger partial charge in [0.05, 0.1) is 10.6 Å². The maximum absolute atomic E-state index is 8.82. The number of para-hydroxylation sites is 1. The first-order chi connectivity index (χ1) is 12.2. The Labute approximate surface area is 155 Å². The van der Waals surface area contributed by atoms with E-state index in [0.717, 1.165) is 35.2 Å². The highest BCUT2D eigenvalue weighted by molar-refractivity contribution is 9.10. The third-order valence-electron chi connectivity index (χ3n) is 4.05. The number of halogens is 1. The van der Waals surface area contributed by atoms with Crippen molar-refractivity contribution in [1.82, 2.24) is 10.2 Å². The third kappa shape index (κ3) is 4.47. The molecular formula is C18H19BrN4O2. The van der Waals surface area contributed by atoms with E-state index in [2.05, 4.69) is 26.1 Å². The smallest absolute Gasteiger partial charge is 0.163 e. The normalized spacial score (nSPS) is 16.4. The summed E-state index contributed by atoms with van der Waals surface area (Å²) in [6, 6.07) is 11.4. The molecule has 0 saturated carbocycles. The summed E-state index contributed by atoms with van der Waals surface area (Å²) in [4.78, 5) is 1.97. The van der Waals surface area contributed by atoms with Crippen molar-refractivity contribution in [3.63, 3.8) is 0 Å². The Bertz CT molecular complexity index is 755. The van der Waals surface area contributed by atoms with E-state index in [1.807, 2.05) is 36.2 Å². The van der Waals surface area contributed by atoms with Gasteiger partial charge in [0.2, 0.25) is 0 Å². The van der Waals surface area contributed by atoms with Crippen LogP contribution in [0.15, 0.2) is 34.8 Å². The molecule has 6 nitrogen and oxygen atoms in total. The standard InChI is InChI=1S/C18H19BrN4O2/c1-23(17-8-7-14(10-20)21-22-17)11-13-4-2-6-16(19)18(13)25-12-15-5-3-9-24-15/h2,4,6-8,15H,3,5,9,11-12H2,1H3. The lowest BCUT2D eigenvalue weighted by molar-refractivity contribution is 0.0673. The molecule has 1 aromatic carbocycles. The highest BCUT2D eigenvalue weighted by atomic mass is 79.9. The minimum absolute atomic E-state index is 0.169. The van der Waals surface area contributed by atoms with Crippen LogP contribution >= 0.6 is 15.9 Å². The van der Waals surface area contributed by atoms with Crippen molar-refractivity contribution in [2.24, 2.45) is 0 Å². The van der Waals surface area contributed by atoms with Gasteiger partial charge in [0.25, 0.3) is 0 Å². The molecule has 1 aromatic heterocycles. The summed E-state index contributed by atoms with van der Waals surface area (Å²) in [5.74, 6) is 1.52. The molecule has 0 N–H and O–H groups in total. The van der Waals surface area contributed by atoms with E-state index in [-0.39, 0.29) is 6.10 Å². The van der Waals surface area contributed by atoms with E-state index in [9.17, 15) is 0 Å². The van der Waals surface area contributed by atoms with Gasteiger partial charge in [-0.1, -0.05) is 12.1 Å². The first-order valence-electron chi connectivity index (χ1n) is 8.14. The van der Waals surface area contributed by atoms with Crippen LogP contribution in [-0.4, -0.2) is 36.6 Å². The summed E-state index contributed by atoms with van der Waals surface area (Å²) in [7, 11) is 1.93. The molecular weight excluding hydrogens is 384 g/mol. The number of aromatic nitrogens is 2. The fourth-order valence-corrected chi connectivity index (χ4v) is 3.24. The van der Waals surface area contributed by atoms with Crippen molar-refractivity contribution in [2.75, 3.05) is 25.2 Å². The Kier molecular flexibility index (Phi) is 5.84. The van der Waals surface area contributed by atoms with Gasteiger partial charge in [-0.15, -0.1) is 10.2 Å². The molecule has 0 bridgehead atoms. The van der Waals surface area contributed by atoms with Gasteiger partial charge in [-0.05, 0) is 47.0 Å². The number of hydrogen-bond acceptors (Lipinski definition) is 6. The average molecular weight is 403 g/mol. The van der Waals surface area contributed by atoms with E-state index >= 15 is 0 Å². The number of hydrogen-bond donors (Lipinski definition) is 0. The zero-order valence-electron chi connectivity index (χ0n) is 14.0. The van der Waals surface area contributed by atoms with Gasteiger partial charge in [-0.25, -0.2) is 0 Å². The second kappa shape index (κ2) is 8.28. The molecule has 0 aliphatic carbocycles. The first kappa shape index (κ1) is 17.6. The summed E-state index contributed by atoms with van der Waals surface area (Å²) >= 11 is 3.57. The van der Waals surface area contributed by atoms with Crippen LogP contribution in [0.1, 0.15) is 24.1 Å².